The van der Waals surface area contributed by atoms with Crippen molar-refractivity contribution in [3.63, 3.8) is 0 Å². The third kappa shape index (κ3) is 4.79. The molecule has 7 heteroatoms. The molecule has 47 heavy (non-hydrogen) atoms. The van der Waals surface area contributed by atoms with E-state index in [0.717, 1.165) is 70.5 Å². The maximum absolute atomic E-state index is 13.7. The highest BCUT2D eigenvalue weighted by Crippen LogP contribution is 2.77. The molecule has 0 spiro atoms. The SMILES string of the molecule is C=C(C=O)C1CCC2(C(=O)OCC)CCC3(C)C(CCC4C5(C)CCC(OC(=O)c6ccc(C(=O)O)cc6)C(C)(C)C5CCC43C)C12. The number of rotatable bonds is 7. The van der Waals surface area contributed by atoms with Crippen LogP contribution < -0.4 is 0 Å². The van der Waals surface area contributed by atoms with Gasteiger partial charge in [0.25, 0.3) is 0 Å². The van der Waals surface area contributed by atoms with Crippen LogP contribution in [0.5, 0.6) is 0 Å². The van der Waals surface area contributed by atoms with E-state index < -0.39 is 17.4 Å². The van der Waals surface area contributed by atoms with Gasteiger partial charge >= 0.3 is 17.9 Å². The zero-order valence-electron chi connectivity index (χ0n) is 29.2. The summed E-state index contributed by atoms with van der Waals surface area (Å²) in [6.07, 6.45) is 10.2. The number of carboxylic acid groups (broad SMARTS) is 1. The monoisotopic (exact) mass is 646 g/mol. The smallest absolute Gasteiger partial charge is 0.338 e. The summed E-state index contributed by atoms with van der Waals surface area (Å²) in [6.45, 7) is 18.6. The number of aromatic carboxylic acids is 1. The molecular formula is C40H54O7. The van der Waals surface area contributed by atoms with E-state index in [9.17, 15) is 24.3 Å². The summed E-state index contributed by atoms with van der Waals surface area (Å²) in [5.41, 5.74) is 0.570. The zero-order valence-corrected chi connectivity index (χ0v) is 29.2. The lowest BCUT2D eigenvalue weighted by Gasteiger charge is -2.72. The Kier molecular flexibility index (Phi) is 8.36. The number of benzene rings is 1. The number of allylic oxidation sites excluding steroid dienone is 1. The third-order valence-corrected chi connectivity index (χ3v) is 15.3. The number of hydrogen-bond acceptors (Lipinski definition) is 6. The minimum Gasteiger partial charge on any atom is -0.478 e. The largest absolute Gasteiger partial charge is 0.478 e. The lowest BCUT2D eigenvalue weighted by atomic mass is 9.32. The predicted molar refractivity (Wildman–Crippen MR) is 179 cm³/mol. The first-order valence-corrected chi connectivity index (χ1v) is 18.0. The fraction of sp³-hybridized carbons (Fsp3) is 0.700. The van der Waals surface area contributed by atoms with E-state index in [-0.39, 0.29) is 51.1 Å². The first kappa shape index (κ1) is 33.9. The molecule has 0 heterocycles. The van der Waals surface area contributed by atoms with Crippen LogP contribution in [-0.4, -0.2) is 42.0 Å². The van der Waals surface area contributed by atoms with Crippen molar-refractivity contribution >= 4 is 24.2 Å². The van der Waals surface area contributed by atoms with Gasteiger partial charge in [-0.25, -0.2) is 9.59 Å². The highest BCUT2D eigenvalue weighted by atomic mass is 16.5. The molecule has 0 aliphatic heterocycles. The van der Waals surface area contributed by atoms with Crippen LogP contribution in [0.15, 0.2) is 36.4 Å². The van der Waals surface area contributed by atoms with Crippen molar-refractivity contribution in [1.29, 1.82) is 0 Å². The average Bonchev–Trinajstić information content (AvgIpc) is 3.43. The zero-order chi connectivity index (χ0) is 34.2. The molecule has 0 saturated heterocycles. The van der Waals surface area contributed by atoms with Gasteiger partial charge in [-0.05, 0) is 147 Å². The van der Waals surface area contributed by atoms with E-state index in [2.05, 4.69) is 41.2 Å². The fourth-order valence-corrected chi connectivity index (χ4v) is 12.9. The van der Waals surface area contributed by atoms with E-state index >= 15 is 0 Å². The van der Waals surface area contributed by atoms with Gasteiger partial charge in [0.15, 0.2) is 0 Å². The number of hydrogen-bond donors (Lipinski definition) is 1. The van der Waals surface area contributed by atoms with Gasteiger partial charge in [0.1, 0.15) is 12.4 Å². The molecule has 1 aromatic rings. The molecule has 1 N–H and O–H groups in total. The molecular weight excluding hydrogens is 592 g/mol. The van der Waals surface area contributed by atoms with Crippen LogP contribution in [0.1, 0.15) is 126 Å². The van der Waals surface area contributed by atoms with Gasteiger partial charge in [0, 0.05) is 5.41 Å². The molecule has 256 valence electrons. The first-order chi connectivity index (χ1) is 22.1. The van der Waals surface area contributed by atoms with Crippen LogP contribution >= 0.6 is 0 Å². The molecule has 10 unspecified atom stereocenters. The van der Waals surface area contributed by atoms with E-state index in [1.165, 1.54) is 24.3 Å². The molecule has 0 bridgehead atoms. The Hall–Kier alpha value is -2.96. The quantitative estimate of drug-likeness (QED) is 0.180. The Labute approximate surface area is 280 Å². The second kappa shape index (κ2) is 11.6. The maximum atomic E-state index is 13.7. The molecule has 5 aliphatic carbocycles. The van der Waals surface area contributed by atoms with Crippen molar-refractivity contribution < 1.29 is 33.8 Å². The van der Waals surface area contributed by atoms with Crippen LogP contribution in [-0.2, 0) is 19.1 Å². The molecule has 0 amide bonds. The van der Waals surface area contributed by atoms with E-state index in [4.69, 9.17) is 9.47 Å². The molecule has 1 aromatic carbocycles. The van der Waals surface area contributed by atoms with Gasteiger partial charge in [-0.15, -0.1) is 0 Å². The van der Waals surface area contributed by atoms with E-state index in [1.807, 2.05) is 6.92 Å². The van der Waals surface area contributed by atoms with Gasteiger partial charge in [-0.2, -0.15) is 0 Å². The number of aldehydes is 1. The standard InChI is InChI=1S/C40H54O7/c1-8-46-35(45)40-20-15-27(24(2)23-41)32(40)28-13-14-30-37(5)18-17-31(47-34(44)26-11-9-25(10-12-26)33(42)43)36(3,4)29(37)16-19-39(30,7)38(28,6)21-22-40/h9-12,23,27-32H,2,8,13-22H2,1,3-7H3,(H,42,43). The number of carbonyl (C=O) groups excluding carboxylic acids is 3. The number of ether oxygens (including phenoxy) is 2. The van der Waals surface area contributed by atoms with Crippen molar-refractivity contribution in [2.45, 2.75) is 112 Å². The highest BCUT2D eigenvalue weighted by molar-refractivity contribution is 5.92. The van der Waals surface area contributed by atoms with Crippen LogP contribution in [0.2, 0.25) is 0 Å². The molecule has 5 saturated carbocycles. The normalized spacial score (nSPS) is 41.7. The van der Waals surface area contributed by atoms with Crippen LogP contribution in [0.4, 0.5) is 0 Å². The van der Waals surface area contributed by atoms with Gasteiger partial charge in [0.05, 0.1) is 23.1 Å². The lowest BCUT2D eigenvalue weighted by Crippen LogP contribution is -2.67. The second-order valence-corrected chi connectivity index (χ2v) is 17.0. The minimum atomic E-state index is -1.02. The number of carboxylic acids is 1. The van der Waals surface area contributed by atoms with Crippen LogP contribution in [0.25, 0.3) is 0 Å². The second-order valence-electron chi connectivity index (χ2n) is 17.0. The Morgan fingerprint density at radius 2 is 1.53 bits per heavy atom. The summed E-state index contributed by atoms with van der Waals surface area (Å²) in [4.78, 5) is 50.4. The summed E-state index contributed by atoms with van der Waals surface area (Å²) < 4.78 is 12.0. The summed E-state index contributed by atoms with van der Waals surface area (Å²) in [5, 5.41) is 9.24. The highest BCUT2D eigenvalue weighted by Gasteiger charge is 2.72. The van der Waals surface area contributed by atoms with Gasteiger partial charge in [-0.3, -0.25) is 9.59 Å². The number of fused-ring (bicyclic) bond motifs is 7. The molecule has 10 atom stereocenters. The summed E-state index contributed by atoms with van der Waals surface area (Å²) in [5.74, 6) is -0.175. The van der Waals surface area contributed by atoms with Gasteiger partial charge < -0.3 is 14.6 Å². The van der Waals surface area contributed by atoms with E-state index in [0.29, 0.717) is 35.5 Å². The average molecular weight is 647 g/mol. The molecule has 6 rings (SSSR count). The Bertz CT molecular complexity index is 1460. The summed E-state index contributed by atoms with van der Waals surface area (Å²) in [6, 6.07) is 5.98. The third-order valence-electron chi connectivity index (χ3n) is 15.3. The van der Waals surface area contributed by atoms with Crippen LogP contribution in [0, 0.1) is 56.7 Å². The van der Waals surface area contributed by atoms with Crippen molar-refractivity contribution in [3.05, 3.63) is 47.5 Å². The topological polar surface area (TPSA) is 107 Å². The Morgan fingerprint density at radius 1 is 0.851 bits per heavy atom. The fourth-order valence-electron chi connectivity index (χ4n) is 12.9. The van der Waals surface area contributed by atoms with Crippen molar-refractivity contribution in [1.82, 2.24) is 0 Å². The van der Waals surface area contributed by atoms with Gasteiger partial charge in [0.2, 0.25) is 0 Å². The number of esters is 2. The van der Waals surface area contributed by atoms with Crippen molar-refractivity contribution in [2.24, 2.45) is 56.7 Å². The van der Waals surface area contributed by atoms with Crippen LogP contribution in [0.3, 0.4) is 0 Å². The van der Waals surface area contributed by atoms with E-state index in [1.54, 1.807) is 0 Å². The Balaban J connectivity index is 1.27. The van der Waals surface area contributed by atoms with Gasteiger partial charge in [-0.1, -0.05) is 41.2 Å². The van der Waals surface area contributed by atoms with Crippen molar-refractivity contribution in [2.75, 3.05) is 6.61 Å². The summed E-state index contributed by atoms with van der Waals surface area (Å²) in [7, 11) is 0. The lowest BCUT2D eigenvalue weighted by molar-refractivity contribution is -0.248. The molecule has 0 radical (unpaired) electrons. The first-order valence-electron chi connectivity index (χ1n) is 18.0. The Morgan fingerprint density at radius 3 is 2.17 bits per heavy atom. The summed E-state index contributed by atoms with van der Waals surface area (Å²) >= 11 is 0. The number of carbonyl (C=O) groups is 4. The predicted octanol–water partition coefficient (Wildman–Crippen LogP) is 8.31. The minimum absolute atomic E-state index is 0.0197. The maximum Gasteiger partial charge on any atom is 0.338 e. The molecule has 7 nitrogen and oxygen atoms in total. The molecule has 5 aliphatic rings. The van der Waals surface area contributed by atoms with Crippen molar-refractivity contribution in [3.8, 4) is 0 Å². The molecule has 5 fully saturated rings. The molecule has 0 aromatic heterocycles.